The van der Waals surface area contributed by atoms with Crippen LogP contribution in [0.15, 0.2) is 30.3 Å². The molecule has 1 aliphatic heterocycles. The third kappa shape index (κ3) is 8.00. The van der Waals surface area contributed by atoms with Crippen LogP contribution in [0.3, 0.4) is 0 Å². The van der Waals surface area contributed by atoms with Gasteiger partial charge in [0.25, 0.3) is 0 Å². The molecule has 2 bridgehead atoms. The summed E-state index contributed by atoms with van der Waals surface area (Å²) < 4.78 is 17.9. The van der Waals surface area contributed by atoms with Gasteiger partial charge in [-0.3, -0.25) is 14.4 Å². The van der Waals surface area contributed by atoms with Crippen LogP contribution in [0.2, 0.25) is 0 Å². The summed E-state index contributed by atoms with van der Waals surface area (Å²) in [7, 11) is -0.558. The Hall–Kier alpha value is -3.12. The van der Waals surface area contributed by atoms with Crippen LogP contribution in [0.5, 0.6) is 0 Å². The maximum Gasteiger partial charge on any atom is 0.478 e. The highest BCUT2D eigenvalue weighted by atomic mass is 16.7. The number of nitrogens with one attached hydrogen (secondary N) is 4. The minimum Gasteiger partial charge on any atom is -0.444 e. The van der Waals surface area contributed by atoms with E-state index in [1.807, 2.05) is 30.3 Å². The highest BCUT2D eigenvalue weighted by Gasteiger charge is 2.67. The van der Waals surface area contributed by atoms with E-state index in [1.54, 1.807) is 41.5 Å². The average Bonchev–Trinajstić information content (AvgIpc) is 3.29. The smallest absolute Gasteiger partial charge is 0.444 e. The molecule has 12 heteroatoms. The fraction of sp³-hybridized carbons (Fsp3) is 0.697. The van der Waals surface area contributed by atoms with Gasteiger partial charge in [-0.15, -0.1) is 0 Å². The molecule has 11 nitrogen and oxygen atoms in total. The number of carbonyl (C=O) groups is 4. The molecule has 3 saturated carbocycles. The Bertz CT molecular complexity index is 1250. The van der Waals surface area contributed by atoms with E-state index in [0.29, 0.717) is 11.8 Å². The van der Waals surface area contributed by atoms with Crippen molar-refractivity contribution in [1.82, 2.24) is 21.3 Å². The number of amides is 4. The van der Waals surface area contributed by atoms with E-state index < -0.39 is 54.7 Å². The second kappa shape index (κ2) is 13.3. The molecule has 1 aromatic carbocycles. The van der Waals surface area contributed by atoms with Crippen molar-refractivity contribution in [2.75, 3.05) is 6.44 Å². The molecule has 4 aliphatic rings. The topological polar surface area (TPSA) is 144 Å². The first kappa shape index (κ1) is 34.8. The Morgan fingerprint density at radius 3 is 2.22 bits per heavy atom. The number of ether oxygens (including phenoxy) is 1. The summed E-state index contributed by atoms with van der Waals surface area (Å²) in [6.45, 7) is 17.1. The predicted molar refractivity (Wildman–Crippen MR) is 171 cm³/mol. The highest BCUT2D eigenvalue weighted by Crippen LogP contribution is 2.65. The zero-order valence-electron chi connectivity index (χ0n) is 28.2. The van der Waals surface area contributed by atoms with Crippen molar-refractivity contribution in [1.29, 1.82) is 0 Å². The van der Waals surface area contributed by atoms with Crippen LogP contribution in [-0.2, 0) is 34.9 Å². The molecule has 1 aromatic rings. The quantitative estimate of drug-likeness (QED) is 0.276. The lowest BCUT2D eigenvalue weighted by Crippen LogP contribution is -2.65. The van der Waals surface area contributed by atoms with E-state index in [1.165, 1.54) is 0 Å². The molecule has 7 atom stereocenters. The van der Waals surface area contributed by atoms with Crippen LogP contribution in [0.4, 0.5) is 4.79 Å². The summed E-state index contributed by atoms with van der Waals surface area (Å²) in [5, 5.41) is 11.0. The van der Waals surface area contributed by atoms with Gasteiger partial charge in [-0.05, 0) is 76.2 Å². The molecule has 45 heavy (non-hydrogen) atoms. The Morgan fingerprint density at radius 1 is 0.956 bits per heavy atom. The lowest BCUT2D eigenvalue weighted by Gasteiger charge is -2.64. The number of alkyl carbamates (subject to hydrolysis) is 1. The van der Waals surface area contributed by atoms with Gasteiger partial charge in [0.05, 0.1) is 18.1 Å². The molecule has 4 amide bonds. The first-order chi connectivity index (χ1) is 20.9. The normalized spacial score (nSPS) is 26.9. The molecule has 1 heterocycles. The largest absolute Gasteiger partial charge is 0.478 e. The molecule has 3 aliphatic carbocycles. The van der Waals surface area contributed by atoms with Crippen LogP contribution >= 0.6 is 0 Å². The van der Waals surface area contributed by atoms with Gasteiger partial charge in [-0.1, -0.05) is 58.0 Å². The average molecular weight is 627 g/mol. The summed E-state index contributed by atoms with van der Waals surface area (Å²) in [6, 6.07) is 6.42. The maximum absolute atomic E-state index is 13.5. The van der Waals surface area contributed by atoms with E-state index in [9.17, 15) is 19.2 Å². The van der Waals surface area contributed by atoms with E-state index >= 15 is 0 Å². The molecule has 0 spiro atoms. The molecule has 0 aromatic heterocycles. The zero-order valence-corrected chi connectivity index (χ0v) is 28.2. The maximum atomic E-state index is 13.5. The van der Waals surface area contributed by atoms with Crippen molar-refractivity contribution < 1.29 is 33.2 Å². The van der Waals surface area contributed by atoms with E-state index in [2.05, 4.69) is 42.0 Å². The molecule has 1 saturated heterocycles. The van der Waals surface area contributed by atoms with Crippen molar-refractivity contribution in [3.05, 3.63) is 35.9 Å². The molecule has 3 unspecified atom stereocenters. The van der Waals surface area contributed by atoms with Crippen molar-refractivity contribution in [2.45, 2.75) is 117 Å². The second-order valence-electron chi connectivity index (χ2n) is 15.0. The van der Waals surface area contributed by atoms with Crippen LogP contribution < -0.4 is 21.3 Å². The Morgan fingerprint density at radius 2 is 1.62 bits per heavy atom. The molecule has 5 rings (SSSR count). The van der Waals surface area contributed by atoms with Crippen molar-refractivity contribution in [3.8, 4) is 0 Å². The third-order valence-electron chi connectivity index (χ3n) is 9.73. The number of hydrogen-bond donors (Lipinski definition) is 4. The van der Waals surface area contributed by atoms with Gasteiger partial charge in [-0.25, -0.2) is 4.79 Å². The summed E-state index contributed by atoms with van der Waals surface area (Å²) in [5.41, 5.74) is -0.0681. The number of rotatable bonds is 11. The Balaban J connectivity index is 1.35. The number of hydrogen-bond acceptors (Lipinski definition) is 7. The van der Waals surface area contributed by atoms with Crippen molar-refractivity contribution >= 4 is 30.9 Å². The highest BCUT2D eigenvalue weighted by molar-refractivity contribution is 6.46. The summed E-state index contributed by atoms with van der Waals surface area (Å²) in [4.78, 5) is 52.4. The SMILES string of the molecule is CC(C)[C@H](NC(=O)OC(C)(C)C)C(=O)NC(Cc1ccccc1)C(=O)N[C@@H](C)C(=O)NCB1O[C@@H]2CC3CC(C3(C)C)[C@]2(C)O1. The van der Waals surface area contributed by atoms with Gasteiger partial charge in [-0.2, -0.15) is 0 Å². The molecule has 4 fully saturated rings. The van der Waals surface area contributed by atoms with Crippen LogP contribution in [0, 0.1) is 23.2 Å². The Labute approximate surface area is 267 Å². The molecular weight excluding hydrogens is 575 g/mol. The molecule has 4 N–H and O–H groups in total. The lowest BCUT2D eigenvalue weighted by molar-refractivity contribution is -0.199. The molecular formula is C33H51BN4O7. The summed E-state index contributed by atoms with van der Waals surface area (Å²) in [5.74, 6) is -0.693. The second-order valence-corrected chi connectivity index (χ2v) is 15.0. The van der Waals surface area contributed by atoms with Gasteiger partial charge in [0, 0.05) is 6.42 Å². The monoisotopic (exact) mass is 626 g/mol. The minimum atomic E-state index is -1.00. The van der Waals surface area contributed by atoms with Crippen LogP contribution in [0.1, 0.15) is 80.7 Å². The number of carbonyl (C=O) groups excluding carboxylic acids is 4. The molecule has 248 valence electrons. The number of benzene rings is 1. The van der Waals surface area contributed by atoms with Gasteiger partial charge in [0.2, 0.25) is 17.7 Å². The van der Waals surface area contributed by atoms with Gasteiger partial charge in [0.15, 0.2) is 0 Å². The lowest BCUT2D eigenvalue weighted by atomic mass is 9.43. The van der Waals surface area contributed by atoms with Crippen LogP contribution in [0.25, 0.3) is 0 Å². The minimum absolute atomic E-state index is 0.00938. The van der Waals surface area contributed by atoms with Gasteiger partial charge in [0.1, 0.15) is 23.7 Å². The first-order valence-electron chi connectivity index (χ1n) is 16.2. The standard InChI is InChI=1S/C33H51BN4O7/c1-19(2)26(38-30(42)43-31(4,5)6)29(41)37-23(15-21-13-11-10-12-14-21)28(40)36-20(3)27(39)35-18-34-44-25-17-22-16-24(32(22,7)8)33(25,9)45-34/h10-14,19-20,22-26H,15-18H2,1-9H3,(H,35,39)(H,36,40)(H,37,41)(H,38,42)/t20-,22?,23?,24?,25+,26-,33-/m0/s1. The molecule has 0 radical (unpaired) electrons. The van der Waals surface area contributed by atoms with Crippen LogP contribution in [-0.4, -0.2) is 72.8 Å². The Kier molecular flexibility index (Phi) is 10.3. The summed E-state index contributed by atoms with van der Waals surface area (Å²) >= 11 is 0. The van der Waals surface area contributed by atoms with E-state index in [4.69, 9.17) is 14.0 Å². The van der Waals surface area contributed by atoms with E-state index in [-0.39, 0.29) is 35.9 Å². The summed E-state index contributed by atoms with van der Waals surface area (Å²) in [6.07, 6.45) is 1.73. The van der Waals surface area contributed by atoms with Crippen molar-refractivity contribution in [2.24, 2.45) is 23.2 Å². The van der Waals surface area contributed by atoms with Gasteiger partial charge >= 0.3 is 13.2 Å². The van der Waals surface area contributed by atoms with Crippen molar-refractivity contribution in [3.63, 3.8) is 0 Å². The zero-order chi connectivity index (χ0) is 33.3. The fourth-order valence-electron chi connectivity index (χ4n) is 7.04. The predicted octanol–water partition coefficient (Wildman–Crippen LogP) is 3.15. The first-order valence-corrected chi connectivity index (χ1v) is 16.2. The van der Waals surface area contributed by atoms with E-state index in [0.717, 1.165) is 18.4 Å². The third-order valence-corrected chi connectivity index (χ3v) is 9.73. The van der Waals surface area contributed by atoms with Gasteiger partial charge < -0.3 is 35.3 Å². The fourth-order valence-corrected chi connectivity index (χ4v) is 7.04.